The first-order valence-electron chi connectivity index (χ1n) is 10.0. The Morgan fingerprint density at radius 1 is 1.19 bits per heavy atom. The minimum Gasteiger partial charge on any atom is -0.497 e. The maximum absolute atomic E-state index is 13.3. The minimum atomic E-state index is -0.334. The van der Waals surface area contributed by atoms with E-state index in [2.05, 4.69) is 25.6 Å². The van der Waals surface area contributed by atoms with E-state index >= 15 is 0 Å². The molecule has 0 fully saturated rings. The normalized spacial score (nSPS) is 15.2. The Morgan fingerprint density at radius 2 is 2.00 bits per heavy atom. The van der Waals surface area contributed by atoms with Crippen LogP contribution in [0.5, 0.6) is 5.75 Å². The van der Waals surface area contributed by atoms with Gasteiger partial charge in [-0.3, -0.25) is 4.79 Å². The first kappa shape index (κ1) is 19.8. The van der Waals surface area contributed by atoms with E-state index in [0.29, 0.717) is 23.5 Å². The molecular weight excluding hydrogens is 411 g/mol. The van der Waals surface area contributed by atoms with Crippen LogP contribution in [0.3, 0.4) is 0 Å². The second kappa shape index (κ2) is 7.84. The fourth-order valence-corrected chi connectivity index (χ4v) is 3.98. The van der Waals surface area contributed by atoms with Crippen LogP contribution in [0.4, 0.5) is 10.2 Å². The predicted octanol–water partition coefficient (Wildman–Crippen LogP) is 3.65. The number of nitrogens with zero attached hydrogens (tertiary/aromatic N) is 5. The number of aromatic nitrogens is 5. The molecule has 9 heteroatoms. The predicted molar refractivity (Wildman–Crippen MR) is 115 cm³/mol. The van der Waals surface area contributed by atoms with Crippen LogP contribution in [0.1, 0.15) is 29.2 Å². The van der Waals surface area contributed by atoms with E-state index in [-0.39, 0.29) is 23.6 Å². The van der Waals surface area contributed by atoms with Crippen LogP contribution in [-0.4, -0.2) is 38.0 Å². The average molecular weight is 430 g/mol. The fraction of sp³-hybridized carbons (Fsp3) is 0.174. The van der Waals surface area contributed by atoms with E-state index in [4.69, 9.17) is 4.74 Å². The monoisotopic (exact) mass is 430 g/mol. The first-order valence-corrected chi connectivity index (χ1v) is 10.0. The third kappa shape index (κ3) is 3.47. The molecule has 160 valence electrons. The number of hydrogen-bond acceptors (Lipinski definition) is 6. The number of carbonyl (C=O) groups is 1. The molecule has 0 saturated carbocycles. The summed E-state index contributed by atoms with van der Waals surface area (Å²) in [5.41, 5.74) is 3.82. The Hall–Kier alpha value is -4.14. The van der Waals surface area contributed by atoms with E-state index in [9.17, 15) is 9.18 Å². The molecule has 0 unspecified atom stereocenters. The number of methoxy groups -OCH3 is 1. The minimum absolute atomic E-state index is 0.130. The zero-order valence-electron chi connectivity index (χ0n) is 17.4. The zero-order valence-corrected chi connectivity index (χ0v) is 17.4. The van der Waals surface area contributed by atoms with Crippen molar-refractivity contribution in [3.8, 4) is 23.0 Å². The van der Waals surface area contributed by atoms with Crippen LogP contribution in [0, 0.1) is 12.7 Å². The SMILES string of the molecule is COc1cccc([C@H]2CC(=O)Nc3c2c(C)nn3-c2nncc(-c3ccc(F)cc3)n2)c1. The number of ether oxygens (including phenoxy) is 1. The van der Waals surface area contributed by atoms with Crippen LogP contribution in [0.2, 0.25) is 0 Å². The van der Waals surface area contributed by atoms with Gasteiger partial charge >= 0.3 is 0 Å². The summed E-state index contributed by atoms with van der Waals surface area (Å²) in [4.78, 5) is 17.1. The summed E-state index contributed by atoms with van der Waals surface area (Å²) in [5.74, 6) is 0.802. The van der Waals surface area contributed by atoms with Gasteiger partial charge in [0.25, 0.3) is 5.95 Å². The molecule has 0 saturated heterocycles. The summed E-state index contributed by atoms with van der Waals surface area (Å²) in [6, 6.07) is 13.6. The van der Waals surface area contributed by atoms with E-state index in [0.717, 1.165) is 22.6 Å². The van der Waals surface area contributed by atoms with Crippen LogP contribution < -0.4 is 10.1 Å². The Labute approximate surface area is 183 Å². The van der Waals surface area contributed by atoms with E-state index in [1.807, 2.05) is 31.2 Å². The highest BCUT2D eigenvalue weighted by atomic mass is 19.1. The molecule has 0 spiro atoms. The number of anilines is 1. The highest BCUT2D eigenvalue weighted by molar-refractivity contribution is 5.95. The largest absolute Gasteiger partial charge is 0.497 e. The maximum Gasteiger partial charge on any atom is 0.272 e. The maximum atomic E-state index is 13.3. The summed E-state index contributed by atoms with van der Waals surface area (Å²) in [6.45, 7) is 1.89. The molecule has 1 atom stereocenters. The number of aryl methyl sites for hydroxylation is 1. The van der Waals surface area contributed by atoms with Crippen LogP contribution in [0.15, 0.2) is 54.7 Å². The molecule has 1 N–H and O–H groups in total. The van der Waals surface area contributed by atoms with Gasteiger partial charge in [-0.25, -0.2) is 9.37 Å². The Balaban J connectivity index is 1.60. The summed E-state index contributed by atoms with van der Waals surface area (Å²) in [6.07, 6.45) is 1.79. The highest BCUT2D eigenvalue weighted by Gasteiger charge is 2.33. The molecule has 1 aliphatic heterocycles. The van der Waals surface area contributed by atoms with Crippen molar-refractivity contribution < 1.29 is 13.9 Å². The summed E-state index contributed by atoms with van der Waals surface area (Å²) < 4.78 is 20.1. The number of amides is 1. The molecule has 2 aromatic heterocycles. The van der Waals surface area contributed by atoms with E-state index < -0.39 is 0 Å². The molecule has 8 nitrogen and oxygen atoms in total. The molecule has 5 rings (SSSR count). The number of halogens is 1. The van der Waals surface area contributed by atoms with Crippen LogP contribution in [0.25, 0.3) is 17.2 Å². The molecule has 3 heterocycles. The van der Waals surface area contributed by atoms with Gasteiger partial charge in [0.1, 0.15) is 17.4 Å². The molecule has 1 aliphatic rings. The molecule has 4 aromatic rings. The van der Waals surface area contributed by atoms with Crippen molar-refractivity contribution in [1.29, 1.82) is 0 Å². The van der Waals surface area contributed by atoms with Gasteiger partial charge in [-0.05, 0) is 48.9 Å². The van der Waals surface area contributed by atoms with Crippen molar-refractivity contribution in [2.75, 3.05) is 12.4 Å². The molecule has 1 amide bonds. The lowest BCUT2D eigenvalue weighted by Crippen LogP contribution is -2.25. The van der Waals surface area contributed by atoms with Crippen molar-refractivity contribution in [3.05, 3.63) is 77.4 Å². The summed E-state index contributed by atoms with van der Waals surface area (Å²) in [5, 5.41) is 15.7. The molecular formula is C23H19FN6O2. The number of nitrogens with one attached hydrogen (secondary N) is 1. The number of benzene rings is 2. The second-order valence-corrected chi connectivity index (χ2v) is 7.49. The van der Waals surface area contributed by atoms with Crippen molar-refractivity contribution in [2.24, 2.45) is 0 Å². The van der Waals surface area contributed by atoms with E-state index in [1.165, 1.54) is 23.0 Å². The molecule has 0 bridgehead atoms. The number of hydrogen-bond donors (Lipinski definition) is 1. The standard InChI is InChI=1S/C23H19FN6O2/c1-13-21-18(15-4-3-5-17(10-15)32-2)11-20(31)27-22(21)30(29-13)23-26-19(12-25-28-23)14-6-8-16(24)9-7-14/h3-10,12,18H,11H2,1-2H3,(H,27,31)/t18-/m1/s1. The fourth-order valence-electron chi connectivity index (χ4n) is 3.98. The van der Waals surface area contributed by atoms with Gasteiger partial charge in [0.05, 0.1) is 24.7 Å². The zero-order chi connectivity index (χ0) is 22.2. The number of carbonyl (C=O) groups excluding carboxylic acids is 1. The Bertz CT molecular complexity index is 1320. The molecule has 2 aromatic carbocycles. The molecule has 0 radical (unpaired) electrons. The topological polar surface area (TPSA) is 94.8 Å². The molecule has 32 heavy (non-hydrogen) atoms. The van der Waals surface area contributed by atoms with Gasteiger partial charge in [0, 0.05) is 23.5 Å². The van der Waals surface area contributed by atoms with Gasteiger partial charge in [-0.15, -0.1) is 5.10 Å². The lowest BCUT2D eigenvalue weighted by Gasteiger charge is -2.24. The lowest BCUT2D eigenvalue weighted by molar-refractivity contribution is -0.116. The van der Waals surface area contributed by atoms with E-state index in [1.54, 1.807) is 19.2 Å². The van der Waals surface area contributed by atoms with Crippen molar-refractivity contribution in [2.45, 2.75) is 19.3 Å². The van der Waals surface area contributed by atoms with Gasteiger partial charge in [0.15, 0.2) is 0 Å². The first-order chi connectivity index (χ1) is 15.5. The summed E-state index contributed by atoms with van der Waals surface area (Å²) in [7, 11) is 1.61. The third-order valence-electron chi connectivity index (χ3n) is 5.48. The van der Waals surface area contributed by atoms with Crippen LogP contribution in [-0.2, 0) is 4.79 Å². The smallest absolute Gasteiger partial charge is 0.272 e. The van der Waals surface area contributed by atoms with Crippen molar-refractivity contribution in [1.82, 2.24) is 25.0 Å². The van der Waals surface area contributed by atoms with Gasteiger partial charge in [0.2, 0.25) is 5.91 Å². The average Bonchev–Trinajstić information content (AvgIpc) is 3.15. The Morgan fingerprint density at radius 3 is 2.78 bits per heavy atom. The molecule has 0 aliphatic carbocycles. The number of rotatable bonds is 4. The van der Waals surface area contributed by atoms with Gasteiger partial charge in [-0.2, -0.15) is 14.9 Å². The lowest BCUT2D eigenvalue weighted by atomic mass is 9.86. The van der Waals surface area contributed by atoms with Gasteiger partial charge in [-0.1, -0.05) is 12.1 Å². The van der Waals surface area contributed by atoms with Gasteiger partial charge < -0.3 is 10.1 Å². The van der Waals surface area contributed by atoms with Crippen LogP contribution >= 0.6 is 0 Å². The highest BCUT2D eigenvalue weighted by Crippen LogP contribution is 2.40. The quantitative estimate of drug-likeness (QED) is 0.531. The third-order valence-corrected chi connectivity index (χ3v) is 5.48. The second-order valence-electron chi connectivity index (χ2n) is 7.49. The van der Waals surface area contributed by atoms with Crippen molar-refractivity contribution in [3.63, 3.8) is 0 Å². The summed E-state index contributed by atoms with van der Waals surface area (Å²) >= 11 is 0. The Kier molecular flexibility index (Phi) is 4.85. The van der Waals surface area contributed by atoms with Crippen molar-refractivity contribution >= 4 is 11.7 Å². The number of fused-ring (bicyclic) bond motifs is 1.